The Morgan fingerprint density at radius 3 is 2.71 bits per heavy atom. The molecule has 3 nitrogen and oxygen atoms in total. The number of hydrogen-bond acceptors (Lipinski definition) is 3. The van der Waals surface area contributed by atoms with Crippen molar-refractivity contribution in [2.75, 3.05) is 6.61 Å². The lowest BCUT2D eigenvalue weighted by atomic mass is 10.1. The van der Waals surface area contributed by atoms with E-state index in [2.05, 4.69) is 35.3 Å². The van der Waals surface area contributed by atoms with Gasteiger partial charge in [-0.1, -0.05) is 26.2 Å². The number of carbonyl (C=O) groups is 1. The monoisotopic (exact) mass is 198 g/mol. The summed E-state index contributed by atoms with van der Waals surface area (Å²) in [6.45, 7) is 6.37. The van der Waals surface area contributed by atoms with Gasteiger partial charge >= 0.3 is 6.16 Å². The van der Waals surface area contributed by atoms with E-state index in [-0.39, 0.29) is 0 Å². The van der Waals surface area contributed by atoms with Crippen molar-refractivity contribution in [2.45, 2.75) is 40.0 Å². The summed E-state index contributed by atoms with van der Waals surface area (Å²) in [7, 11) is 0. The van der Waals surface area contributed by atoms with Crippen LogP contribution < -0.4 is 0 Å². The van der Waals surface area contributed by atoms with Gasteiger partial charge in [0.2, 0.25) is 0 Å². The van der Waals surface area contributed by atoms with Crippen LogP contribution in [0.25, 0.3) is 0 Å². The third kappa shape index (κ3) is 8.92. The SMILES string of the molecule is CCOC(=O)OC#CCCCC(C)C. The Morgan fingerprint density at radius 2 is 2.14 bits per heavy atom. The van der Waals surface area contributed by atoms with Crippen molar-refractivity contribution < 1.29 is 14.3 Å². The van der Waals surface area contributed by atoms with Crippen LogP contribution in [0.4, 0.5) is 4.79 Å². The van der Waals surface area contributed by atoms with E-state index in [1.807, 2.05) is 0 Å². The molecule has 0 saturated heterocycles. The molecule has 0 fully saturated rings. The molecular weight excluding hydrogens is 180 g/mol. The van der Waals surface area contributed by atoms with Gasteiger partial charge in [-0.15, -0.1) is 0 Å². The zero-order valence-electron chi connectivity index (χ0n) is 9.13. The summed E-state index contributed by atoms with van der Waals surface area (Å²) in [6, 6.07) is 0. The van der Waals surface area contributed by atoms with Gasteiger partial charge in [0.15, 0.2) is 0 Å². The second kappa shape index (κ2) is 8.43. The number of rotatable bonds is 4. The lowest BCUT2D eigenvalue weighted by Gasteiger charge is -1.99. The van der Waals surface area contributed by atoms with Crippen molar-refractivity contribution in [3.63, 3.8) is 0 Å². The van der Waals surface area contributed by atoms with Gasteiger partial charge in [-0.3, -0.25) is 0 Å². The van der Waals surface area contributed by atoms with Crippen LogP contribution in [-0.4, -0.2) is 12.8 Å². The normalized spacial score (nSPS) is 9.14. The van der Waals surface area contributed by atoms with E-state index in [9.17, 15) is 4.79 Å². The molecule has 0 aliphatic carbocycles. The van der Waals surface area contributed by atoms with E-state index in [1.54, 1.807) is 6.92 Å². The maximum absolute atomic E-state index is 10.6. The van der Waals surface area contributed by atoms with Crippen molar-refractivity contribution >= 4 is 6.16 Å². The van der Waals surface area contributed by atoms with E-state index >= 15 is 0 Å². The quantitative estimate of drug-likeness (QED) is 0.396. The predicted octanol–water partition coefficient (Wildman–Crippen LogP) is 2.95. The Balaban J connectivity index is 3.39. The van der Waals surface area contributed by atoms with Crippen LogP contribution in [0.3, 0.4) is 0 Å². The van der Waals surface area contributed by atoms with Gasteiger partial charge < -0.3 is 9.47 Å². The van der Waals surface area contributed by atoms with Gasteiger partial charge in [-0.05, 0) is 19.3 Å². The standard InChI is InChI=1S/C11H18O3/c1-4-13-11(12)14-9-7-5-6-8-10(2)3/h10H,4-6,8H2,1-3H3. The van der Waals surface area contributed by atoms with Gasteiger partial charge in [0, 0.05) is 6.42 Å². The lowest BCUT2D eigenvalue weighted by Crippen LogP contribution is -2.02. The van der Waals surface area contributed by atoms with Crippen LogP contribution in [-0.2, 0) is 9.47 Å². The summed E-state index contributed by atoms with van der Waals surface area (Å²) in [5.74, 6) is 3.45. The van der Waals surface area contributed by atoms with E-state index in [0.29, 0.717) is 12.5 Å². The van der Waals surface area contributed by atoms with Crippen LogP contribution >= 0.6 is 0 Å². The van der Waals surface area contributed by atoms with Gasteiger partial charge in [0.25, 0.3) is 0 Å². The first kappa shape index (κ1) is 12.8. The van der Waals surface area contributed by atoms with E-state index in [4.69, 9.17) is 0 Å². The molecule has 3 heteroatoms. The first-order chi connectivity index (χ1) is 6.66. The molecule has 0 radical (unpaired) electrons. The topological polar surface area (TPSA) is 35.5 Å². The molecule has 0 aromatic heterocycles. The highest BCUT2D eigenvalue weighted by molar-refractivity contribution is 5.61. The molecule has 0 aliphatic rings. The van der Waals surface area contributed by atoms with Gasteiger partial charge in [0.05, 0.1) is 6.61 Å². The van der Waals surface area contributed by atoms with Crippen LogP contribution in [0.5, 0.6) is 0 Å². The molecule has 0 aromatic rings. The molecule has 0 unspecified atom stereocenters. The fourth-order valence-electron chi connectivity index (χ4n) is 0.875. The van der Waals surface area contributed by atoms with Crippen LogP contribution in [0, 0.1) is 17.9 Å². The summed E-state index contributed by atoms with van der Waals surface area (Å²) in [6.07, 6.45) is 4.55. The summed E-state index contributed by atoms with van der Waals surface area (Å²) in [5, 5.41) is 0. The Hall–Kier alpha value is -1.17. The molecule has 0 aromatic carbocycles. The Bertz CT molecular complexity index is 210. The second-order valence-electron chi connectivity index (χ2n) is 3.35. The second-order valence-corrected chi connectivity index (χ2v) is 3.35. The lowest BCUT2D eigenvalue weighted by molar-refractivity contribution is 0.0950. The largest absolute Gasteiger partial charge is 0.522 e. The number of hydrogen-bond donors (Lipinski definition) is 0. The molecule has 0 spiro atoms. The third-order valence-electron chi connectivity index (χ3n) is 1.55. The summed E-state index contributed by atoms with van der Waals surface area (Å²) >= 11 is 0. The zero-order valence-corrected chi connectivity index (χ0v) is 9.13. The van der Waals surface area contributed by atoms with Crippen molar-refractivity contribution in [1.29, 1.82) is 0 Å². The minimum absolute atomic E-state index is 0.313. The molecule has 0 N–H and O–H groups in total. The highest BCUT2D eigenvalue weighted by atomic mass is 16.7. The number of unbranched alkanes of at least 4 members (excludes halogenated alkanes) is 1. The van der Waals surface area contributed by atoms with Gasteiger partial charge in [0.1, 0.15) is 6.11 Å². The molecular formula is C11H18O3. The molecule has 0 aliphatic heterocycles. The molecule has 14 heavy (non-hydrogen) atoms. The Morgan fingerprint density at radius 1 is 1.43 bits per heavy atom. The number of carbonyl (C=O) groups excluding carboxylic acids is 1. The molecule has 0 amide bonds. The maximum Gasteiger partial charge on any atom is 0.522 e. The van der Waals surface area contributed by atoms with Crippen LogP contribution in [0.1, 0.15) is 40.0 Å². The van der Waals surface area contributed by atoms with Crippen LogP contribution in [0.15, 0.2) is 0 Å². The van der Waals surface area contributed by atoms with E-state index in [1.165, 1.54) is 0 Å². The average Bonchev–Trinajstić information content (AvgIpc) is 2.11. The Labute approximate surface area is 85.8 Å². The smallest absolute Gasteiger partial charge is 0.434 e. The van der Waals surface area contributed by atoms with Gasteiger partial charge in [-0.2, -0.15) is 0 Å². The first-order valence-electron chi connectivity index (χ1n) is 4.98. The third-order valence-corrected chi connectivity index (χ3v) is 1.55. The van der Waals surface area contributed by atoms with Crippen molar-refractivity contribution in [1.82, 2.24) is 0 Å². The fraction of sp³-hybridized carbons (Fsp3) is 0.727. The van der Waals surface area contributed by atoms with Gasteiger partial charge in [-0.25, -0.2) is 4.79 Å². The molecule has 0 saturated carbocycles. The van der Waals surface area contributed by atoms with Crippen molar-refractivity contribution in [3.05, 3.63) is 0 Å². The molecule has 0 atom stereocenters. The Kier molecular flexibility index (Phi) is 7.72. The van der Waals surface area contributed by atoms with Crippen molar-refractivity contribution in [2.24, 2.45) is 5.92 Å². The minimum Gasteiger partial charge on any atom is -0.434 e. The fourth-order valence-corrected chi connectivity index (χ4v) is 0.875. The van der Waals surface area contributed by atoms with Crippen molar-refractivity contribution in [3.8, 4) is 12.0 Å². The maximum atomic E-state index is 10.6. The summed E-state index contributed by atoms with van der Waals surface area (Å²) in [4.78, 5) is 10.6. The summed E-state index contributed by atoms with van der Waals surface area (Å²) < 4.78 is 8.99. The zero-order chi connectivity index (χ0) is 10.8. The number of ether oxygens (including phenoxy) is 2. The van der Waals surface area contributed by atoms with E-state index < -0.39 is 6.16 Å². The van der Waals surface area contributed by atoms with Crippen LogP contribution in [0.2, 0.25) is 0 Å². The minimum atomic E-state index is -0.719. The first-order valence-corrected chi connectivity index (χ1v) is 4.98. The average molecular weight is 198 g/mol. The molecule has 80 valence electrons. The predicted molar refractivity (Wildman–Crippen MR) is 54.6 cm³/mol. The highest BCUT2D eigenvalue weighted by Gasteiger charge is 1.97. The molecule has 0 bridgehead atoms. The highest BCUT2D eigenvalue weighted by Crippen LogP contribution is 2.04. The molecule has 0 heterocycles. The molecule has 0 rings (SSSR count). The summed E-state index contributed by atoms with van der Waals surface area (Å²) in [5.41, 5.74) is 0. The van der Waals surface area contributed by atoms with E-state index in [0.717, 1.165) is 19.3 Å².